The molecule has 0 bridgehead atoms. The summed E-state index contributed by atoms with van der Waals surface area (Å²) in [6.07, 6.45) is -1.93. The Labute approximate surface area is 124 Å². The Kier molecular flexibility index (Phi) is 3.12. The number of nitriles is 1. The van der Waals surface area contributed by atoms with Crippen LogP contribution in [-0.2, 0) is 7.05 Å². The number of fused-ring (bicyclic) bond motifs is 1. The van der Waals surface area contributed by atoms with Crippen molar-refractivity contribution in [1.82, 2.24) is 19.6 Å². The van der Waals surface area contributed by atoms with E-state index in [4.69, 9.17) is 5.26 Å². The molecule has 2 aromatic heterocycles. The van der Waals surface area contributed by atoms with Crippen molar-refractivity contribution in [2.24, 2.45) is 7.05 Å². The molecule has 0 radical (unpaired) electrons. The van der Waals surface area contributed by atoms with Gasteiger partial charge in [-0.2, -0.15) is 28.6 Å². The summed E-state index contributed by atoms with van der Waals surface area (Å²) < 4.78 is 42.5. The van der Waals surface area contributed by atoms with Crippen LogP contribution >= 0.6 is 0 Å². The first-order valence-electron chi connectivity index (χ1n) is 6.62. The van der Waals surface area contributed by atoms with Crippen molar-refractivity contribution in [1.29, 1.82) is 5.26 Å². The average molecular weight is 310 g/mol. The van der Waals surface area contributed by atoms with E-state index in [-0.39, 0.29) is 17.8 Å². The van der Waals surface area contributed by atoms with Crippen molar-refractivity contribution in [2.75, 3.05) is 5.32 Å². The number of hydrogen-bond acceptors (Lipinski definition) is 4. The van der Waals surface area contributed by atoms with E-state index in [1.165, 1.54) is 0 Å². The van der Waals surface area contributed by atoms with Crippen molar-refractivity contribution >= 4 is 5.82 Å². The Morgan fingerprint density at radius 3 is 2.64 bits per heavy atom. The van der Waals surface area contributed by atoms with Crippen molar-refractivity contribution < 1.29 is 13.2 Å². The van der Waals surface area contributed by atoms with Crippen LogP contribution in [0, 0.1) is 18.3 Å². The summed E-state index contributed by atoms with van der Waals surface area (Å²) >= 11 is 0. The molecule has 0 spiro atoms. The Bertz CT molecular complexity index is 751. The smallest absolute Gasteiger partial charge is 0.362 e. The molecule has 0 saturated heterocycles. The van der Waals surface area contributed by atoms with E-state index in [0.717, 1.165) is 16.6 Å². The van der Waals surface area contributed by atoms with E-state index in [0.29, 0.717) is 5.56 Å². The molecule has 3 rings (SSSR count). The van der Waals surface area contributed by atoms with Gasteiger partial charge in [0, 0.05) is 24.7 Å². The number of nitrogens with zero attached hydrogens (tertiary/aromatic N) is 5. The van der Waals surface area contributed by atoms with Crippen molar-refractivity contribution in [3.8, 4) is 6.07 Å². The summed E-state index contributed by atoms with van der Waals surface area (Å²) in [5, 5.41) is 19.8. The van der Waals surface area contributed by atoms with Crippen LogP contribution in [0.2, 0.25) is 0 Å². The first-order chi connectivity index (χ1) is 10.3. The molecule has 6 nitrogen and oxygen atoms in total. The zero-order valence-corrected chi connectivity index (χ0v) is 11.9. The van der Waals surface area contributed by atoms with Gasteiger partial charge in [-0.05, 0) is 6.92 Å². The van der Waals surface area contributed by atoms with E-state index < -0.39 is 18.3 Å². The van der Waals surface area contributed by atoms with Crippen molar-refractivity contribution in [2.45, 2.75) is 31.6 Å². The molecule has 22 heavy (non-hydrogen) atoms. The molecule has 1 N–H and O–H groups in total. The lowest BCUT2D eigenvalue weighted by Crippen LogP contribution is -2.36. The Morgan fingerprint density at radius 2 is 2.09 bits per heavy atom. The van der Waals surface area contributed by atoms with Crippen LogP contribution in [0.25, 0.3) is 0 Å². The second-order valence-corrected chi connectivity index (χ2v) is 5.26. The highest BCUT2D eigenvalue weighted by Gasteiger charge is 2.47. The topological polar surface area (TPSA) is 71.5 Å². The average Bonchev–Trinajstić information content (AvgIpc) is 3.01. The monoisotopic (exact) mass is 310 g/mol. The molecule has 0 aromatic carbocycles. The number of nitrogens with one attached hydrogen (secondary N) is 1. The third kappa shape index (κ3) is 2.11. The minimum Gasteiger partial charge on any atom is -0.362 e. The second-order valence-electron chi connectivity index (χ2n) is 5.26. The summed E-state index contributed by atoms with van der Waals surface area (Å²) in [6.45, 7) is 1.80. The minimum atomic E-state index is -4.44. The predicted molar refractivity (Wildman–Crippen MR) is 71.0 cm³/mol. The molecular formula is C13H13F3N6. The molecule has 3 heterocycles. The van der Waals surface area contributed by atoms with Gasteiger partial charge in [0.25, 0.3) is 0 Å². The molecule has 0 amide bonds. The quantitative estimate of drug-likeness (QED) is 0.878. The summed E-state index contributed by atoms with van der Waals surface area (Å²) in [6, 6.07) is -0.476. The minimum absolute atomic E-state index is 0.0977. The number of rotatable bonds is 1. The molecule has 1 aliphatic heterocycles. The number of alkyl halides is 3. The fraction of sp³-hybridized carbons (Fsp3) is 0.462. The summed E-state index contributed by atoms with van der Waals surface area (Å²) in [7, 11) is 1.73. The van der Waals surface area contributed by atoms with Crippen LogP contribution < -0.4 is 5.32 Å². The van der Waals surface area contributed by atoms with Gasteiger partial charge in [0.1, 0.15) is 17.5 Å². The molecular weight excluding hydrogens is 297 g/mol. The van der Waals surface area contributed by atoms with Crippen LogP contribution in [0.15, 0.2) is 12.4 Å². The molecule has 0 saturated carbocycles. The largest absolute Gasteiger partial charge is 0.410 e. The lowest BCUT2D eigenvalue weighted by atomic mass is 9.97. The van der Waals surface area contributed by atoms with E-state index >= 15 is 0 Å². The first-order valence-corrected chi connectivity index (χ1v) is 6.62. The number of aryl methyl sites for hydroxylation is 1. The normalized spacial score (nSPS) is 21.1. The Balaban J connectivity index is 2.08. The van der Waals surface area contributed by atoms with Crippen LogP contribution in [0.5, 0.6) is 0 Å². The zero-order chi connectivity index (χ0) is 16.1. The lowest BCUT2D eigenvalue weighted by molar-refractivity contribution is -0.173. The van der Waals surface area contributed by atoms with Gasteiger partial charge in [-0.3, -0.25) is 4.68 Å². The zero-order valence-electron chi connectivity index (χ0n) is 11.9. The van der Waals surface area contributed by atoms with Gasteiger partial charge in [-0.1, -0.05) is 0 Å². The SMILES string of the molecule is Cc1c(C2CC(C(F)(F)F)n3ncc(C#N)c3N2)cnn1C. The maximum absolute atomic E-state index is 13.3. The molecule has 2 atom stereocenters. The fourth-order valence-corrected chi connectivity index (χ4v) is 2.71. The van der Waals surface area contributed by atoms with Gasteiger partial charge in [0.2, 0.25) is 0 Å². The predicted octanol–water partition coefficient (Wildman–Crippen LogP) is 2.46. The van der Waals surface area contributed by atoms with Crippen molar-refractivity contribution in [3.63, 3.8) is 0 Å². The standard InChI is InChI=1S/C13H13F3N6/c1-7-9(6-18-21(7)2)10-3-11(13(14,15)16)22-12(20-10)8(4-17)5-19-22/h5-6,10-11,20H,3H2,1-2H3. The summed E-state index contributed by atoms with van der Waals surface area (Å²) in [5.74, 6) is 0.101. The molecule has 116 valence electrons. The van der Waals surface area contributed by atoms with Crippen LogP contribution in [0.4, 0.5) is 19.0 Å². The Hall–Kier alpha value is -2.50. The molecule has 1 aliphatic rings. The van der Waals surface area contributed by atoms with Crippen molar-refractivity contribution in [3.05, 3.63) is 29.2 Å². The summed E-state index contributed by atoms with van der Waals surface area (Å²) in [4.78, 5) is 0. The van der Waals surface area contributed by atoms with Gasteiger partial charge in [-0.15, -0.1) is 0 Å². The highest BCUT2D eigenvalue weighted by atomic mass is 19.4. The molecule has 9 heteroatoms. The fourth-order valence-electron chi connectivity index (χ4n) is 2.71. The van der Waals surface area contributed by atoms with Gasteiger partial charge in [0.05, 0.1) is 18.4 Å². The number of anilines is 1. The maximum atomic E-state index is 13.3. The number of aromatic nitrogens is 4. The number of hydrogen-bond donors (Lipinski definition) is 1. The third-order valence-corrected chi connectivity index (χ3v) is 4.01. The van der Waals surface area contributed by atoms with Gasteiger partial charge < -0.3 is 5.32 Å². The van der Waals surface area contributed by atoms with Gasteiger partial charge in [0.15, 0.2) is 6.04 Å². The highest BCUT2D eigenvalue weighted by molar-refractivity contribution is 5.54. The first kappa shape index (κ1) is 14.4. The second kappa shape index (κ2) is 4.76. The van der Waals surface area contributed by atoms with Gasteiger partial charge >= 0.3 is 6.18 Å². The van der Waals surface area contributed by atoms with E-state index in [2.05, 4.69) is 15.5 Å². The highest BCUT2D eigenvalue weighted by Crippen LogP contribution is 2.44. The van der Waals surface area contributed by atoms with E-state index in [1.54, 1.807) is 24.9 Å². The molecule has 0 fully saturated rings. The van der Waals surface area contributed by atoms with Gasteiger partial charge in [-0.25, -0.2) is 4.68 Å². The van der Waals surface area contributed by atoms with Crippen LogP contribution in [0.1, 0.15) is 35.3 Å². The Morgan fingerprint density at radius 1 is 1.36 bits per heavy atom. The van der Waals surface area contributed by atoms with E-state index in [9.17, 15) is 13.2 Å². The van der Waals surface area contributed by atoms with Crippen LogP contribution in [0.3, 0.4) is 0 Å². The summed E-state index contributed by atoms with van der Waals surface area (Å²) in [5.41, 5.74) is 1.57. The molecule has 0 aliphatic carbocycles. The third-order valence-electron chi connectivity index (χ3n) is 4.01. The lowest BCUT2D eigenvalue weighted by Gasteiger charge is -2.33. The number of halogens is 3. The van der Waals surface area contributed by atoms with E-state index in [1.807, 2.05) is 6.07 Å². The molecule has 2 aromatic rings. The molecule has 2 unspecified atom stereocenters. The maximum Gasteiger partial charge on any atom is 0.410 e. The van der Waals surface area contributed by atoms with Crippen LogP contribution in [-0.4, -0.2) is 25.7 Å².